The summed E-state index contributed by atoms with van der Waals surface area (Å²) in [6.07, 6.45) is 5.63. The van der Waals surface area contributed by atoms with E-state index in [1.807, 2.05) is 41.3 Å². The lowest BCUT2D eigenvalue weighted by atomic mass is 10.0. The molecule has 0 bridgehead atoms. The normalized spacial score (nSPS) is 18.5. The molecule has 1 aliphatic heterocycles. The SMILES string of the molecule is CC1CCCN(C(=O)/C=C/c2ccc(-c3ccc(N)cc3)o2)C1. The standard InChI is InChI=1S/C19H22N2O2/c1-14-3-2-12-21(13-14)19(22)11-9-17-8-10-18(23-17)15-4-6-16(20)7-5-15/h4-11,14H,2-3,12-13,20H2,1H3/b11-9+. The number of hydrogen-bond acceptors (Lipinski definition) is 3. The minimum Gasteiger partial charge on any atom is -0.457 e. The topological polar surface area (TPSA) is 59.5 Å². The van der Waals surface area contributed by atoms with E-state index in [-0.39, 0.29) is 5.91 Å². The summed E-state index contributed by atoms with van der Waals surface area (Å²) in [6, 6.07) is 11.3. The van der Waals surface area contributed by atoms with Crippen LogP contribution in [0.25, 0.3) is 17.4 Å². The Morgan fingerprint density at radius 2 is 2.04 bits per heavy atom. The highest BCUT2D eigenvalue weighted by Crippen LogP contribution is 2.24. The number of rotatable bonds is 3. The maximum Gasteiger partial charge on any atom is 0.246 e. The van der Waals surface area contributed by atoms with Gasteiger partial charge in [0.2, 0.25) is 5.91 Å². The molecule has 120 valence electrons. The molecule has 2 aromatic rings. The highest BCUT2D eigenvalue weighted by atomic mass is 16.3. The predicted molar refractivity (Wildman–Crippen MR) is 92.6 cm³/mol. The Morgan fingerprint density at radius 3 is 2.78 bits per heavy atom. The molecule has 1 fully saturated rings. The van der Waals surface area contributed by atoms with Crippen molar-refractivity contribution < 1.29 is 9.21 Å². The average Bonchev–Trinajstić information content (AvgIpc) is 3.02. The van der Waals surface area contributed by atoms with Gasteiger partial charge in [-0.25, -0.2) is 0 Å². The van der Waals surface area contributed by atoms with Gasteiger partial charge in [0.15, 0.2) is 0 Å². The Kier molecular flexibility index (Phi) is 4.51. The van der Waals surface area contributed by atoms with Crippen LogP contribution in [0.1, 0.15) is 25.5 Å². The number of piperidine rings is 1. The summed E-state index contributed by atoms with van der Waals surface area (Å²) in [5.41, 5.74) is 7.38. The number of anilines is 1. The molecule has 0 radical (unpaired) electrons. The maximum atomic E-state index is 12.2. The smallest absolute Gasteiger partial charge is 0.246 e. The molecule has 1 saturated heterocycles. The number of furan rings is 1. The maximum absolute atomic E-state index is 12.2. The molecule has 2 N–H and O–H groups in total. The first kappa shape index (κ1) is 15.4. The first-order valence-electron chi connectivity index (χ1n) is 8.04. The van der Waals surface area contributed by atoms with Gasteiger partial charge in [0, 0.05) is 30.4 Å². The van der Waals surface area contributed by atoms with E-state index in [0.29, 0.717) is 11.7 Å². The van der Waals surface area contributed by atoms with Crippen molar-refractivity contribution in [1.29, 1.82) is 0 Å². The fraction of sp³-hybridized carbons (Fsp3) is 0.316. The quantitative estimate of drug-likeness (QED) is 0.693. The number of nitrogens with zero attached hydrogens (tertiary/aromatic N) is 1. The number of nitrogen functional groups attached to an aromatic ring is 1. The van der Waals surface area contributed by atoms with Crippen LogP contribution in [0.15, 0.2) is 46.9 Å². The van der Waals surface area contributed by atoms with Crippen LogP contribution in [-0.2, 0) is 4.79 Å². The Bertz CT molecular complexity index is 700. The lowest BCUT2D eigenvalue weighted by molar-refractivity contribution is -0.127. The number of hydrogen-bond donors (Lipinski definition) is 1. The largest absolute Gasteiger partial charge is 0.457 e. The Morgan fingerprint density at radius 1 is 1.26 bits per heavy atom. The number of benzene rings is 1. The summed E-state index contributed by atoms with van der Waals surface area (Å²) in [7, 11) is 0. The third-order valence-electron chi connectivity index (χ3n) is 4.18. The summed E-state index contributed by atoms with van der Waals surface area (Å²) in [5.74, 6) is 2.09. The van der Waals surface area contributed by atoms with E-state index in [0.717, 1.165) is 36.5 Å². The Hall–Kier alpha value is -2.49. The van der Waals surface area contributed by atoms with Crippen molar-refractivity contribution in [3.63, 3.8) is 0 Å². The molecular formula is C19H22N2O2. The summed E-state index contributed by atoms with van der Waals surface area (Å²) in [6.45, 7) is 3.88. The summed E-state index contributed by atoms with van der Waals surface area (Å²) in [4.78, 5) is 14.1. The fourth-order valence-corrected chi connectivity index (χ4v) is 2.89. The van der Waals surface area contributed by atoms with Gasteiger partial charge in [-0.1, -0.05) is 6.92 Å². The Balaban J connectivity index is 1.66. The van der Waals surface area contributed by atoms with Crippen molar-refractivity contribution in [2.45, 2.75) is 19.8 Å². The zero-order valence-electron chi connectivity index (χ0n) is 13.4. The number of carbonyl (C=O) groups is 1. The van der Waals surface area contributed by atoms with Crippen LogP contribution in [0.5, 0.6) is 0 Å². The van der Waals surface area contributed by atoms with Crippen LogP contribution >= 0.6 is 0 Å². The van der Waals surface area contributed by atoms with E-state index in [1.54, 1.807) is 12.2 Å². The first-order chi connectivity index (χ1) is 11.1. The van der Waals surface area contributed by atoms with E-state index >= 15 is 0 Å². The average molecular weight is 310 g/mol. The second-order valence-corrected chi connectivity index (χ2v) is 6.19. The first-order valence-corrected chi connectivity index (χ1v) is 8.04. The lowest BCUT2D eigenvalue weighted by Gasteiger charge is -2.29. The van der Waals surface area contributed by atoms with Crippen LogP contribution in [0, 0.1) is 5.92 Å². The summed E-state index contributed by atoms with van der Waals surface area (Å²) < 4.78 is 5.77. The van der Waals surface area contributed by atoms with Crippen molar-refractivity contribution in [3.05, 3.63) is 48.2 Å². The lowest BCUT2D eigenvalue weighted by Crippen LogP contribution is -2.38. The van der Waals surface area contributed by atoms with E-state index in [9.17, 15) is 4.79 Å². The number of carbonyl (C=O) groups excluding carboxylic acids is 1. The molecule has 3 rings (SSSR count). The monoisotopic (exact) mass is 310 g/mol. The third-order valence-corrected chi connectivity index (χ3v) is 4.18. The van der Waals surface area contributed by atoms with Crippen LogP contribution in [-0.4, -0.2) is 23.9 Å². The molecule has 1 atom stereocenters. The van der Waals surface area contributed by atoms with E-state index < -0.39 is 0 Å². The van der Waals surface area contributed by atoms with Crippen molar-refractivity contribution in [2.24, 2.45) is 5.92 Å². The second-order valence-electron chi connectivity index (χ2n) is 6.19. The minimum atomic E-state index is 0.0574. The van der Waals surface area contributed by atoms with Gasteiger partial charge in [0.25, 0.3) is 0 Å². The Labute approximate surface area is 136 Å². The van der Waals surface area contributed by atoms with Gasteiger partial charge in [-0.05, 0) is 61.2 Å². The van der Waals surface area contributed by atoms with E-state index in [1.165, 1.54) is 6.42 Å². The van der Waals surface area contributed by atoms with Gasteiger partial charge >= 0.3 is 0 Å². The van der Waals surface area contributed by atoms with Gasteiger partial charge in [0.05, 0.1) is 0 Å². The predicted octanol–water partition coefficient (Wildman–Crippen LogP) is 3.80. The molecule has 1 aromatic carbocycles. The number of likely N-dealkylation sites (tertiary alicyclic amines) is 1. The number of nitrogens with two attached hydrogens (primary N) is 1. The molecule has 1 aliphatic rings. The molecule has 0 aliphatic carbocycles. The third kappa shape index (κ3) is 3.83. The van der Waals surface area contributed by atoms with Crippen LogP contribution in [0.4, 0.5) is 5.69 Å². The molecule has 1 unspecified atom stereocenters. The molecule has 4 nitrogen and oxygen atoms in total. The van der Waals surface area contributed by atoms with Gasteiger partial charge in [-0.2, -0.15) is 0 Å². The van der Waals surface area contributed by atoms with E-state index in [4.69, 9.17) is 10.2 Å². The molecular weight excluding hydrogens is 288 g/mol. The van der Waals surface area contributed by atoms with E-state index in [2.05, 4.69) is 6.92 Å². The zero-order valence-corrected chi connectivity index (χ0v) is 13.4. The van der Waals surface area contributed by atoms with Crippen LogP contribution < -0.4 is 5.73 Å². The van der Waals surface area contributed by atoms with Gasteiger partial charge in [-0.15, -0.1) is 0 Å². The molecule has 0 saturated carbocycles. The summed E-state index contributed by atoms with van der Waals surface area (Å²) >= 11 is 0. The second kappa shape index (κ2) is 6.73. The van der Waals surface area contributed by atoms with Crippen molar-refractivity contribution in [3.8, 4) is 11.3 Å². The molecule has 4 heteroatoms. The fourth-order valence-electron chi connectivity index (χ4n) is 2.89. The minimum absolute atomic E-state index is 0.0574. The van der Waals surface area contributed by atoms with Gasteiger partial charge in [0.1, 0.15) is 11.5 Å². The van der Waals surface area contributed by atoms with Crippen molar-refractivity contribution in [2.75, 3.05) is 18.8 Å². The molecule has 2 heterocycles. The molecule has 1 amide bonds. The van der Waals surface area contributed by atoms with Gasteiger partial charge in [-0.3, -0.25) is 4.79 Å². The molecule has 0 spiro atoms. The zero-order chi connectivity index (χ0) is 16.2. The summed E-state index contributed by atoms with van der Waals surface area (Å²) in [5, 5.41) is 0. The van der Waals surface area contributed by atoms with Crippen molar-refractivity contribution >= 4 is 17.7 Å². The van der Waals surface area contributed by atoms with Crippen LogP contribution in [0.3, 0.4) is 0 Å². The highest BCUT2D eigenvalue weighted by Gasteiger charge is 2.19. The molecule has 23 heavy (non-hydrogen) atoms. The van der Waals surface area contributed by atoms with Crippen LogP contribution in [0.2, 0.25) is 0 Å². The number of amides is 1. The molecule has 1 aromatic heterocycles. The highest BCUT2D eigenvalue weighted by molar-refractivity contribution is 5.91. The van der Waals surface area contributed by atoms with Gasteiger partial charge < -0.3 is 15.1 Å². The van der Waals surface area contributed by atoms with Crippen molar-refractivity contribution in [1.82, 2.24) is 4.90 Å².